The normalized spacial score (nSPS) is 10.7. The third kappa shape index (κ3) is 3.04. The number of anilines is 1. The molecule has 0 aliphatic carbocycles. The lowest BCUT2D eigenvalue weighted by atomic mass is 10.3. The molecule has 0 atom stereocenters. The minimum atomic E-state index is 0.683. The maximum atomic E-state index is 4.97. The second-order valence-electron chi connectivity index (χ2n) is 3.54. The van der Waals surface area contributed by atoms with Crippen molar-refractivity contribution in [3.63, 3.8) is 0 Å². The molecule has 0 saturated heterocycles. The van der Waals surface area contributed by atoms with Crippen molar-refractivity contribution in [3.05, 3.63) is 17.8 Å². The third-order valence-electron chi connectivity index (χ3n) is 2.34. The van der Waals surface area contributed by atoms with E-state index in [2.05, 4.69) is 22.3 Å². The Hall–Kier alpha value is -1.40. The summed E-state index contributed by atoms with van der Waals surface area (Å²) < 4.78 is 6.87. The van der Waals surface area contributed by atoms with Crippen LogP contribution in [0.1, 0.15) is 6.92 Å². The van der Waals surface area contributed by atoms with E-state index < -0.39 is 0 Å². The van der Waals surface area contributed by atoms with Gasteiger partial charge >= 0.3 is 0 Å². The van der Waals surface area contributed by atoms with E-state index in [0.717, 1.165) is 29.5 Å². The topological polar surface area (TPSA) is 52.0 Å². The molecule has 0 saturated carbocycles. The van der Waals surface area contributed by atoms with Crippen LogP contribution in [0.15, 0.2) is 17.8 Å². The van der Waals surface area contributed by atoms with Crippen molar-refractivity contribution >= 4 is 16.5 Å². The zero-order valence-electron chi connectivity index (χ0n) is 10.0. The average Bonchev–Trinajstić information content (AvgIpc) is 2.97. The van der Waals surface area contributed by atoms with Gasteiger partial charge in [-0.3, -0.25) is 4.68 Å². The van der Waals surface area contributed by atoms with Crippen molar-refractivity contribution in [2.45, 2.75) is 13.5 Å². The number of nitrogens with zero attached hydrogens (tertiary/aromatic N) is 3. The van der Waals surface area contributed by atoms with Gasteiger partial charge in [0, 0.05) is 37.3 Å². The van der Waals surface area contributed by atoms with Gasteiger partial charge in [-0.1, -0.05) is 0 Å². The second kappa shape index (κ2) is 5.79. The molecule has 0 unspecified atom stereocenters. The Morgan fingerprint density at radius 2 is 2.41 bits per heavy atom. The van der Waals surface area contributed by atoms with Gasteiger partial charge in [-0.15, -0.1) is 11.3 Å². The van der Waals surface area contributed by atoms with E-state index in [1.807, 2.05) is 22.5 Å². The summed E-state index contributed by atoms with van der Waals surface area (Å²) in [4.78, 5) is 4.50. The van der Waals surface area contributed by atoms with Gasteiger partial charge in [-0.2, -0.15) is 5.10 Å². The lowest BCUT2D eigenvalue weighted by Gasteiger charge is -1.99. The Labute approximate surface area is 104 Å². The Morgan fingerprint density at radius 1 is 1.53 bits per heavy atom. The zero-order chi connectivity index (χ0) is 12.1. The van der Waals surface area contributed by atoms with Crippen molar-refractivity contribution in [3.8, 4) is 11.3 Å². The molecular formula is C11H16N4OS. The van der Waals surface area contributed by atoms with Crippen molar-refractivity contribution < 1.29 is 4.74 Å². The highest BCUT2D eigenvalue weighted by Gasteiger charge is 2.06. The summed E-state index contributed by atoms with van der Waals surface area (Å²) in [5.74, 6) is 0. The molecule has 2 aromatic rings. The highest BCUT2D eigenvalue weighted by atomic mass is 32.1. The van der Waals surface area contributed by atoms with Crippen LogP contribution in [-0.4, -0.2) is 35.0 Å². The van der Waals surface area contributed by atoms with Gasteiger partial charge in [-0.25, -0.2) is 4.98 Å². The molecule has 0 amide bonds. The number of hydrogen-bond acceptors (Lipinski definition) is 5. The number of methoxy groups -OCH3 is 1. The Bertz CT molecular complexity index is 465. The molecule has 2 aromatic heterocycles. The molecule has 0 radical (unpaired) electrons. The van der Waals surface area contributed by atoms with Gasteiger partial charge in [0.1, 0.15) is 0 Å². The monoisotopic (exact) mass is 252 g/mol. The van der Waals surface area contributed by atoms with Crippen LogP contribution in [0.5, 0.6) is 0 Å². The molecule has 0 aromatic carbocycles. The molecule has 0 spiro atoms. The summed E-state index contributed by atoms with van der Waals surface area (Å²) in [6.45, 7) is 4.40. The molecule has 0 bridgehead atoms. The quantitative estimate of drug-likeness (QED) is 0.800. The Balaban J connectivity index is 2.02. The van der Waals surface area contributed by atoms with E-state index >= 15 is 0 Å². The number of rotatable bonds is 6. The molecule has 0 aliphatic heterocycles. The number of thiazole rings is 1. The summed E-state index contributed by atoms with van der Waals surface area (Å²) >= 11 is 1.60. The van der Waals surface area contributed by atoms with E-state index in [-0.39, 0.29) is 0 Å². The fraction of sp³-hybridized carbons (Fsp3) is 0.455. The first-order chi connectivity index (χ1) is 8.33. The second-order valence-corrected chi connectivity index (χ2v) is 4.40. The third-order valence-corrected chi connectivity index (χ3v) is 3.14. The first-order valence-electron chi connectivity index (χ1n) is 5.54. The van der Waals surface area contributed by atoms with Crippen molar-refractivity contribution in [2.24, 2.45) is 0 Å². The molecule has 5 nitrogen and oxygen atoms in total. The molecule has 17 heavy (non-hydrogen) atoms. The van der Waals surface area contributed by atoms with Crippen LogP contribution in [0.3, 0.4) is 0 Å². The van der Waals surface area contributed by atoms with Gasteiger partial charge in [0.2, 0.25) is 0 Å². The predicted octanol–water partition coefficient (Wildman–Crippen LogP) is 2.08. The van der Waals surface area contributed by atoms with Crippen LogP contribution < -0.4 is 5.32 Å². The minimum absolute atomic E-state index is 0.683. The zero-order valence-corrected chi connectivity index (χ0v) is 10.8. The van der Waals surface area contributed by atoms with E-state index in [4.69, 9.17) is 4.74 Å². The van der Waals surface area contributed by atoms with E-state index in [1.165, 1.54) is 0 Å². The van der Waals surface area contributed by atoms with Gasteiger partial charge in [0.05, 0.1) is 18.5 Å². The van der Waals surface area contributed by atoms with Crippen LogP contribution >= 0.6 is 11.3 Å². The summed E-state index contributed by atoms with van der Waals surface area (Å²) in [6.07, 6.45) is 3.85. The first-order valence-corrected chi connectivity index (χ1v) is 6.42. The standard InChI is InChI=1S/C11H16N4OS/c1-3-15-7-9(6-13-15)10-8-17-11(14-10)12-4-5-16-2/h6-8H,3-5H2,1-2H3,(H,12,14). The van der Waals surface area contributed by atoms with E-state index in [1.54, 1.807) is 18.4 Å². The Kier molecular flexibility index (Phi) is 4.11. The number of aromatic nitrogens is 3. The fourth-order valence-corrected chi connectivity index (χ4v) is 2.16. The summed E-state index contributed by atoms with van der Waals surface area (Å²) in [6, 6.07) is 0. The van der Waals surface area contributed by atoms with Gasteiger partial charge in [0.15, 0.2) is 5.13 Å². The van der Waals surface area contributed by atoms with E-state index in [9.17, 15) is 0 Å². The highest BCUT2D eigenvalue weighted by molar-refractivity contribution is 7.14. The smallest absolute Gasteiger partial charge is 0.183 e. The Morgan fingerprint density at radius 3 is 3.12 bits per heavy atom. The van der Waals surface area contributed by atoms with Crippen LogP contribution in [0.4, 0.5) is 5.13 Å². The van der Waals surface area contributed by atoms with Crippen LogP contribution in [-0.2, 0) is 11.3 Å². The minimum Gasteiger partial charge on any atom is -0.383 e. The SMILES string of the molecule is CCn1cc(-c2csc(NCCOC)n2)cn1. The largest absolute Gasteiger partial charge is 0.383 e. The van der Waals surface area contributed by atoms with Crippen LogP contribution in [0, 0.1) is 0 Å². The average molecular weight is 252 g/mol. The van der Waals surface area contributed by atoms with Crippen molar-refractivity contribution in [2.75, 3.05) is 25.6 Å². The van der Waals surface area contributed by atoms with Crippen molar-refractivity contribution in [1.82, 2.24) is 14.8 Å². The number of hydrogen-bond donors (Lipinski definition) is 1. The molecule has 2 rings (SSSR count). The highest BCUT2D eigenvalue weighted by Crippen LogP contribution is 2.24. The maximum absolute atomic E-state index is 4.97. The summed E-state index contributed by atoms with van der Waals surface area (Å²) in [5, 5.41) is 10.4. The summed E-state index contributed by atoms with van der Waals surface area (Å²) in [5.41, 5.74) is 2.03. The van der Waals surface area contributed by atoms with Crippen LogP contribution in [0.25, 0.3) is 11.3 Å². The molecule has 1 N–H and O–H groups in total. The van der Waals surface area contributed by atoms with Gasteiger partial charge < -0.3 is 10.1 Å². The number of aryl methyl sites for hydroxylation is 1. The predicted molar refractivity (Wildman–Crippen MR) is 69.4 cm³/mol. The fourth-order valence-electron chi connectivity index (χ4n) is 1.42. The molecule has 2 heterocycles. The summed E-state index contributed by atoms with van der Waals surface area (Å²) in [7, 11) is 1.69. The lowest BCUT2D eigenvalue weighted by molar-refractivity contribution is 0.211. The molecule has 0 aliphatic rings. The maximum Gasteiger partial charge on any atom is 0.183 e. The van der Waals surface area contributed by atoms with Crippen LogP contribution in [0.2, 0.25) is 0 Å². The first kappa shape index (κ1) is 12.1. The molecule has 6 heteroatoms. The lowest BCUT2D eigenvalue weighted by Crippen LogP contribution is -2.06. The molecule has 0 fully saturated rings. The van der Waals surface area contributed by atoms with Gasteiger partial charge in [-0.05, 0) is 6.92 Å². The van der Waals surface area contributed by atoms with Gasteiger partial charge in [0.25, 0.3) is 0 Å². The van der Waals surface area contributed by atoms with E-state index in [0.29, 0.717) is 6.61 Å². The number of ether oxygens (including phenoxy) is 1. The van der Waals surface area contributed by atoms with Crippen molar-refractivity contribution in [1.29, 1.82) is 0 Å². The molecule has 92 valence electrons. The number of nitrogens with one attached hydrogen (secondary N) is 1. The molecular weight excluding hydrogens is 236 g/mol.